The fourth-order valence-corrected chi connectivity index (χ4v) is 2.95. The van der Waals surface area contributed by atoms with Gasteiger partial charge in [0.05, 0.1) is 0 Å². The Morgan fingerprint density at radius 1 is 0.630 bits per heavy atom. The molecule has 4 nitrogen and oxygen atoms in total. The lowest BCUT2D eigenvalue weighted by molar-refractivity contribution is -0.188. The van der Waals surface area contributed by atoms with E-state index in [0.717, 1.165) is 50.4 Å². The molecule has 0 radical (unpaired) electrons. The van der Waals surface area contributed by atoms with Crippen LogP contribution in [0.3, 0.4) is 0 Å². The molecule has 27 heavy (non-hydrogen) atoms. The zero-order chi connectivity index (χ0) is 20.5. The minimum absolute atomic E-state index is 0.257. The van der Waals surface area contributed by atoms with Crippen molar-refractivity contribution in [3.05, 3.63) is 0 Å². The Labute approximate surface area is 167 Å². The van der Waals surface area contributed by atoms with Crippen LogP contribution < -0.4 is 0 Å². The number of rotatable bonds is 17. The number of esters is 2. The summed E-state index contributed by atoms with van der Waals surface area (Å²) >= 11 is 0. The van der Waals surface area contributed by atoms with E-state index in [9.17, 15) is 9.59 Å². The standard InChI is InChI=1S/C23H44O4/c1-6-23(26-21(24)17-13-9-7-11-15-19(2)3)27-22(25)18-14-10-8-12-16-20(4)5/h19-20,23H,6-18H2,1-5H3. The summed E-state index contributed by atoms with van der Waals surface area (Å²) in [4.78, 5) is 23.8. The first-order valence-electron chi connectivity index (χ1n) is 11.2. The lowest BCUT2D eigenvalue weighted by atomic mass is 10.0. The molecular formula is C23H44O4. The van der Waals surface area contributed by atoms with Crippen LogP contribution >= 0.6 is 0 Å². The zero-order valence-electron chi connectivity index (χ0n) is 18.6. The predicted molar refractivity (Wildman–Crippen MR) is 111 cm³/mol. The molecule has 0 N–H and O–H groups in total. The number of ether oxygens (including phenoxy) is 2. The maximum absolute atomic E-state index is 11.9. The molecule has 0 spiro atoms. The predicted octanol–water partition coefficient (Wildman–Crippen LogP) is 6.80. The van der Waals surface area contributed by atoms with Gasteiger partial charge in [-0.3, -0.25) is 9.59 Å². The van der Waals surface area contributed by atoms with Crippen molar-refractivity contribution >= 4 is 11.9 Å². The molecular weight excluding hydrogens is 340 g/mol. The van der Waals surface area contributed by atoms with Crippen LogP contribution in [-0.2, 0) is 19.1 Å². The number of hydrogen-bond acceptors (Lipinski definition) is 4. The normalized spacial score (nSPS) is 11.4. The molecule has 0 aromatic heterocycles. The van der Waals surface area contributed by atoms with E-state index < -0.39 is 6.29 Å². The maximum Gasteiger partial charge on any atom is 0.308 e. The van der Waals surface area contributed by atoms with Gasteiger partial charge in [-0.25, -0.2) is 0 Å². The molecule has 0 aliphatic heterocycles. The number of hydrogen-bond donors (Lipinski definition) is 0. The quantitative estimate of drug-likeness (QED) is 0.157. The molecule has 0 saturated carbocycles. The summed E-state index contributed by atoms with van der Waals surface area (Å²) in [5, 5.41) is 0. The highest BCUT2D eigenvalue weighted by molar-refractivity contribution is 5.71. The minimum Gasteiger partial charge on any atom is -0.425 e. The minimum atomic E-state index is -0.730. The first-order chi connectivity index (χ1) is 12.8. The van der Waals surface area contributed by atoms with Crippen LogP contribution in [0.5, 0.6) is 0 Å². The van der Waals surface area contributed by atoms with Gasteiger partial charge in [0, 0.05) is 19.3 Å². The molecule has 0 aromatic carbocycles. The molecule has 0 unspecified atom stereocenters. The molecule has 0 heterocycles. The lowest BCUT2D eigenvalue weighted by Crippen LogP contribution is -2.23. The SMILES string of the molecule is CCC(OC(=O)CCCCCCC(C)C)OC(=O)CCCCCCC(C)C. The molecule has 0 fully saturated rings. The highest BCUT2D eigenvalue weighted by atomic mass is 16.7. The van der Waals surface area contributed by atoms with E-state index in [1.807, 2.05) is 6.92 Å². The van der Waals surface area contributed by atoms with Gasteiger partial charge in [-0.1, -0.05) is 86.0 Å². The molecule has 0 saturated heterocycles. The van der Waals surface area contributed by atoms with Crippen molar-refractivity contribution in [1.82, 2.24) is 0 Å². The maximum atomic E-state index is 11.9. The van der Waals surface area contributed by atoms with E-state index in [0.29, 0.717) is 19.3 Å². The second-order valence-corrected chi connectivity index (χ2v) is 8.51. The van der Waals surface area contributed by atoms with Gasteiger partial charge in [0.1, 0.15) is 0 Å². The summed E-state index contributed by atoms with van der Waals surface area (Å²) in [6, 6.07) is 0. The van der Waals surface area contributed by atoms with E-state index in [1.165, 1.54) is 25.7 Å². The molecule has 0 aliphatic rings. The summed E-state index contributed by atoms with van der Waals surface area (Å²) in [6.07, 6.45) is 11.6. The lowest BCUT2D eigenvalue weighted by Gasteiger charge is -2.16. The van der Waals surface area contributed by atoms with Crippen LogP contribution in [0.15, 0.2) is 0 Å². The first kappa shape index (κ1) is 25.9. The summed E-state index contributed by atoms with van der Waals surface area (Å²) in [5.74, 6) is 0.976. The molecule has 0 atom stereocenters. The van der Waals surface area contributed by atoms with Gasteiger partial charge in [-0.05, 0) is 24.7 Å². The Hall–Kier alpha value is -1.06. The van der Waals surface area contributed by atoms with Crippen LogP contribution in [-0.4, -0.2) is 18.2 Å². The van der Waals surface area contributed by atoms with Crippen molar-refractivity contribution in [3.63, 3.8) is 0 Å². The third-order valence-corrected chi connectivity index (χ3v) is 4.68. The molecule has 160 valence electrons. The zero-order valence-corrected chi connectivity index (χ0v) is 18.6. The number of carbonyl (C=O) groups excluding carboxylic acids is 2. The van der Waals surface area contributed by atoms with Gasteiger partial charge in [0.15, 0.2) is 0 Å². The van der Waals surface area contributed by atoms with Gasteiger partial charge >= 0.3 is 11.9 Å². The van der Waals surface area contributed by atoms with E-state index in [1.54, 1.807) is 0 Å². The van der Waals surface area contributed by atoms with Crippen LogP contribution in [0, 0.1) is 11.8 Å². The fraction of sp³-hybridized carbons (Fsp3) is 0.913. The van der Waals surface area contributed by atoms with Crippen LogP contribution in [0.4, 0.5) is 0 Å². The Morgan fingerprint density at radius 3 is 1.33 bits per heavy atom. The van der Waals surface area contributed by atoms with E-state index in [-0.39, 0.29) is 11.9 Å². The monoisotopic (exact) mass is 384 g/mol. The third kappa shape index (κ3) is 18.1. The Bertz CT molecular complexity index is 343. The highest BCUT2D eigenvalue weighted by Gasteiger charge is 2.16. The van der Waals surface area contributed by atoms with Crippen molar-refractivity contribution in [3.8, 4) is 0 Å². The van der Waals surface area contributed by atoms with Crippen LogP contribution in [0.2, 0.25) is 0 Å². The highest BCUT2D eigenvalue weighted by Crippen LogP contribution is 2.13. The van der Waals surface area contributed by atoms with Crippen molar-refractivity contribution in [1.29, 1.82) is 0 Å². The van der Waals surface area contributed by atoms with Gasteiger partial charge < -0.3 is 9.47 Å². The number of carbonyl (C=O) groups is 2. The number of unbranched alkanes of at least 4 members (excludes halogenated alkanes) is 6. The van der Waals surface area contributed by atoms with Crippen LogP contribution in [0.1, 0.15) is 118 Å². The van der Waals surface area contributed by atoms with E-state index >= 15 is 0 Å². The second kappa shape index (κ2) is 17.1. The summed E-state index contributed by atoms with van der Waals surface area (Å²) in [5.41, 5.74) is 0. The van der Waals surface area contributed by atoms with Gasteiger partial charge in [0.25, 0.3) is 0 Å². The second-order valence-electron chi connectivity index (χ2n) is 8.51. The van der Waals surface area contributed by atoms with Crippen molar-refractivity contribution in [2.45, 2.75) is 124 Å². The largest absolute Gasteiger partial charge is 0.425 e. The van der Waals surface area contributed by atoms with Gasteiger partial charge in [-0.2, -0.15) is 0 Å². The van der Waals surface area contributed by atoms with Crippen molar-refractivity contribution in [2.24, 2.45) is 11.8 Å². The molecule has 0 aliphatic carbocycles. The Kier molecular flexibility index (Phi) is 16.4. The molecule has 0 amide bonds. The van der Waals surface area contributed by atoms with Crippen molar-refractivity contribution in [2.75, 3.05) is 0 Å². The average Bonchev–Trinajstić information content (AvgIpc) is 2.59. The van der Waals surface area contributed by atoms with E-state index in [4.69, 9.17) is 9.47 Å². The topological polar surface area (TPSA) is 52.6 Å². The Balaban J connectivity index is 3.76. The van der Waals surface area contributed by atoms with E-state index in [2.05, 4.69) is 27.7 Å². The smallest absolute Gasteiger partial charge is 0.308 e. The Morgan fingerprint density at radius 2 is 1.00 bits per heavy atom. The molecule has 0 bridgehead atoms. The van der Waals surface area contributed by atoms with Gasteiger partial charge in [0.2, 0.25) is 6.29 Å². The molecule has 0 rings (SSSR count). The fourth-order valence-electron chi connectivity index (χ4n) is 2.95. The van der Waals surface area contributed by atoms with Crippen LogP contribution in [0.25, 0.3) is 0 Å². The summed E-state index contributed by atoms with van der Waals surface area (Å²) in [6.45, 7) is 10.8. The summed E-state index contributed by atoms with van der Waals surface area (Å²) < 4.78 is 10.6. The van der Waals surface area contributed by atoms with Crippen molar-refractivity contribution < 1.29 is 19.1 Å². The molecule has 0 aromatic rings. The molecule has 4 heteroatoms. The third-order valence-electron chi connectivity index (χ3n) is 4.68. The van der Waals surface area contributed by atoms with Gasteiger partial charge in [-0.15, -0.1) is 0 Å². The average molecular weight is 385 g/mol. The first-order valence-corrected chi connectivity index (χ1v) is 11.2. The summed E-state index contributed by atoms with van der Waals surface area (Å²) in [7, 11) is 0.